The van der Waals surface area contributed by atoms with E-state index in [-0.39, 0.29) is 24.3 Å². The van der Waals surface area contributed by atoms with Gasteiger partial charge in [0.25, 0.3) is 5.91 Å². The number of para-hydroxylation sites is 1. The van der Waals surface area contributed by atoms with E-state index in [1.54, 1.807) is 21.9 Å². The van der Waals surface area contributed by atoms with Gasteiger partial charge in [0.15, 0.2) is 6.54 Å². The van der Waals surface area contributed by atoms with E-state index < -0.39 is 0 Å². The highest BCUT2D eigenvalue weighted by atomic mass is 35.5. The Bertz CT molecular complexity index is 694. The van der Waals surface area contributed by atoms with Crippen LogP contribution in [-0.4, -0.2) is 78.4 Å². The molecule has 0 saturated carbocycles. The first kappa shape index (κ1) is 19.0. The second-order valence-corrected chi connectivity index (χ2v) is 7.77. The van der Waals surface area contributed by atoms with Crippen molar-refractivity contribution in [2.24, 2.45) is 0 Å². The molecule has 1 aromatic carbocycles. The van der Waals surface area contributed by atoms with Crippen LogP contribution in [0.15, 0.2) is 24.3 Å². The third-order valence-corrected chi connectivity index (χ3v) is 5.81. The summed E-state index contributed by atoms with van der Waals surface area (Å²) in [6.07, 6.45) is 0. The van der Waals surface area contributed by atoms with Crippen LogP contribution in [0.25, 0.3) is 0 Å². The molecule has 2 N–H and O–H groups in total. The third kappa shape index (κ3) is 4.90. The molecule has 2 aliphatic heterocycles. The third-order valence-electron chi connectivity index (χ3n) is 4.53. The Kier molecular flexibility index (Phi) is 6.39. The fourth-order valence-corrected chi connectivity index (χ4v) is 4.12. The van der Waals surface area contributed by atoms with Gasteiger partial charge in [0.05, 0.1) is 48.5 Å². The maximum atomic E-state index is 12.3. The molecule has 0 atom stereocenters. The van der Waals surface area contributed by atoms with Gasteiger partial charge < -0.3 is 20.0 Å². The molecule has 2 heterocycles. The Morgan fingerprint density at radius 2 is 1.96 bits per heavy atom. The number of carbonyl (C=O) groups excluding carboxylic acids is 3. The Morgan fingerprint density at radius 1 is 1.23 bits per heavy atom. The van der Waals surface area contributed by atoms with Crippen LogP contribution in [0.2, 0.25) is 5.02 Å². The first-order valence-electron chi connectivity index (χ1n) is 8.54. The van der Waals surface area contributed by atoms with E-state index in [4.69, 9.17) is 11.6 Å². The summed E-state index contributed by atoms with van der Waals surface area (Å²) in [4.78, 5) is 40.7. The van der Waals surface area contributed by atoms with Gasteiger partial charge in [-0.1, -0.05) is 23.7 Å². The Hall–Kier alpha value is -1.77. The van der Waals surface area contributed by atoms with Crippen molar-refractivity contribution in [1.29, 1.82) is 0 Å². The molecule has 0 aromatic heterocycles. The lowest BCUT2D eigenvalue weighted by Crippen LogP contribution is -3.15. The summed E-state index contributed by atoms with van der Waals surface area (Å²) >= 11 is 7.59. The molecule has 7 nitrogen and oxygen atoms in total. The van der Waals surface area contributed by atoms with Gasteiger partial charge in [-0.2, -0.15) is 0 Å². The first-order chi connectivity index (χ1) is 12.5. The van der Waals surface area contributed by atoms with Crippen molar-refractivity contribution in [3.05, 3.63) is 29.3 Å². The first-order valence-corrected chi connectivity index (χ1v) is 10.1. The normalized spacial score (nSPS) is 18.3. The fourth-order valence-electron chi connectivity index (χ4n) is 3.04. The number of amides is 3. The van der Waals surface area contributed by atoms with Crippen LogP contribution in [0, 0.1) is 0 Å². The molecule has 9 heteroatoms. The monoisotopic (exact) mass is 397 g/mol. The molecule has 3 rings (SSSR count). The van der Waals surface area contributed by atoms with E-state index >= 15 is 0 Å². The smallest absolute Gasteiger partial charge is 0.279 e. The number of quaternary nitrogens is 1. The molecular formula is C17H22ClN4O3S+. The molecule has 3 amide bonds. The lowest BCUT2D eigenvalue weighted by Gasteiger charge is -2.32. The number of halogens is 1. The second-order valence-electron chi connectivity index (χ2n) is 6.40. The summed E-state index contributed by atoms with van der Waals surface area (Å²) in [7, 11) is 0. The predicted molar refractivity (Wildman–Crippen MR) is 101 cm³/mol. The van der Waals surface area contributed by atoms with Crippen LogP contribution in [0.4, 0.5) is 5.69 Å². The van der Waals surface area contributed by atoms with Crippen LogP contribution in [-0.2, 0) is 14.4 Å². The summed E-state index contributed by atoms with van der Waals surface area (Å²) in [6.45, 7) is 3.13. The van der Waals surface area contributed by atoms with Gasteiger partial charge in [0.2, 0.25) is 11.8 Å². The fraction of sp³-hybridized carbons (Fsp3) is 0.471. The summed E-state index contributed by atoms with van der Waals surface area (Å²) in [5.74, 6) is 0.987. The lowest BCUT2D eigenvalue weighted by molar-refractivity contribution is -0.895. The summed E-state index contributed by atoms with van der Waals surface area (Å²) in [6, 6.07) is 7.14. The Labute approximate surface area is 161 Å². The maximum Gasteiger partial charge on any atom is 0.279 e. The minimum absolute atomic E-state index is 0.0135. The van der Waals surface area contributed by atoms with Gasteiger partial charge in [0.1, 0.15) is 6.54 Å². The molecule has 26 heavy (non-hydrogen) atoms. The predicted octanol–water partition coefficient (Wildman–Crippen LogP) is -0.461. The summed E-state index contributed by atoms with van der Waals surface area (Å²) in [5, 5.41) is 3.34. The number of thioether (sulfide) groups is 1. The van der Waals surface area contributed by atoms with Crippen LogP contribution in [0.5, 0.6) is 0 Å². The highest BCUT2D eigenvalue weighted by Gasteiger charge is 2.29. The number of hydrogen-bond acceptors (Lipinski definition) is 4. The number of nitrogens with one attached hydrogen (secondary N) is 2. The minimum Gasteiger partial charge on any atom is -0.330 e. The topological polar surface area (TPSA) is 74.2 Å². The summed E-state index contributed by atoms with van der Waals surface area (Å²) in [5.41, 5.74) is 0.612. The summed E-state index contributed by atoms with van der Waals surface area (Å²) < 4.78 is 0. The number of anilines is 1. The standard InChI is InChI=1S/C17H21ClN4O3S/c18-13-3-1-2-4-14(13)19-15(23)9-20-5-7-21(8-6-20)16(24)10-22-12-26-11-17(22)25/h1-4H,5-12H2,(H,19,23)/p+1. The quantitative estimate of drug-likeness (QED) is 0.705. The van der Waals surface area contributed by atoms with Crippen LogP contribution in [0.3, 0.4) is 0 Å². The molecular weight excluding hydrogens is 376 g/mol. The molecule has 0 spiro atoms. The maximum absolute atomic E-state index is 12.3. The molecule has 1 aromatic rings. The molecule has 0 unspecified atom stereocenters. The van der Waals surface area contributed by atoms with Gasteiger partial charge in [-0.3, -0.25) is 14.4 Å². The molecule has 140 valence electrons. The number of rotatable bonds is 5. The molecule has 2 aliphatic rings. The molecule has 2 fully saturated rings. The van der Waals surface area contributed by atoms with Crippen LogP contribution < -0.4 is 10.2 Å². The Morgan fingerprint density at radius 3 is 2.62 bits per heavy atom. The van der Waals surface area contributed by atoms with Gasteiger partial charge in [-0.25, -0.2) is 0 Å². The molecule has 0 aliphatic carbocycles. The van der Waals surface area contributed by atoms with E-state index in [1.165, 1.54) is 11.8 Å². The van der Waals surface area contributed by atoms with Crippen LogP contribution in [0.1, 0.15) is 0 Å². The van der Waals surface area contributed by atoms with Crippen molar-refractivity contribution in [2.45, 2.75) is 0 Å². The van der Waals surface area contributed by atoms with Crippen molar-refractivity contribution in [3.8, 4) is 0 Å². The number of carbonyl (C=O) groups is 3. The minimum atomic E-state index is -0.0902. The van der Waals surface area contributed by atoms with E-state index in [1.807, 2.05) is 12.1 Å². The second kappa shape index (κ2) is 8.75. The average molecular weight is 398 g/mol. The zero-order valence-electron chi connectivity index (χ0n) is 14.4. The van der Waals surface area contributed by atoms with Crippen molar-refractivity contribution < 1.29 is 19.3 Å². The van der Waals surface area contributed by atoms with Gasteiger partial charge in [0, 0.05) is 0 Å². The average Bonchev–Trinajstić information content (AvgIpc) is 3.02. The highest BCUT2D eigenvalue weighted by Crippen LogP contribution is 2.20. The number of nitrogens with zero attached hydrogens (tertiary/aromatic N) is 2. The largest absolute Gasteiger partial charge is 0.330 e. The van der Waals surface area contributed by atoms with Crippen molar-refractivity contribution in [1.82, 2.24) is 9.80 Å². The number of hydrogen-bond donors (Lipinski definition) is 2. The zero-order valence-corrected chi connectivity index (χ0v) is 15.9. The van der Waals surface area contributed by atoms with Crippen LogP contribution >= 0.6 is 23.4 Å². The molecule has 0 radical (unpaired) electrons. The van der Waals surface area contributed by atoms with Gasteiger partial charge in [-0.05, 0) is 12.1 Å². The van der Waals surface area contributed by atoms with Gasteiger partial charge >= 0.3 is 0 Å². The van der Waals surface area contributed by atoms with E-state index in [9.17, 15) is 14.4 Å². The highest BCUT2D eigenvalue weighted by molar-refractivity contribution is 8.00. The Balaban J connectivity index is 1.42. The van der Waals surface area contributed by atoms with Crippen molar-refractivity contribution in [3.63, 3.8) is 0 Å². The van der Waals surface area contributed by atoms with E-state index in [0.29, 0.717) is 55.1 Å². The molecule has 2 saturated heterocycles. The number of piperazine rings is 1. The van der Waals surface area contributed by atoms with Gasteiger partial charge in [-0.15, -0.1) is 11.8 Å². The van der Waals surface area contributed by atoms with Crippen molar-refractivity contribution in [2.75, 3.05) is 56.2 Å². The number of benzene rings is 1. The SMILES string of the molecule is O=C(C[NH+]1CCN(C(=O)CN2CSCC2=O)CC1)Nc1ccccc1Cl. The zero-order chi connectivity index (χ0) is 18.5. The van der Waals surface area contributed by atoms with Crippen molar-refractivity contribution >= 4 is 46.8 Å². The molecule has 0 bridgehead atoms. The van der Waals surface area contributed by atoms with E-state index in [2.05, 4.69) is 5.32 Å². The lowest BCUT2D eigenvalue weighted by atomic mass is 10.3. The van der Waals surface area contributed by atoms with E-state index in [0.717, 1.165) is 4.90 Å².